The summed E-state index contributed by atoms with van der Waals surface area (Å²) in [5.41, 5.74) is 0.574. The summed E-state index contributed by atoms with van der Waals surface area (Å²) in [6.07, 6.45) is -3.61. The molecule has 0 aliphatic carbocycles. The summed E-state index contributed by atoms with van der Waals surface area (Å²) in [5, 5.41) is 19.7. The van der Waals surface area contributed by atoms with E-state index in [1.807, 2.05) is 0 Å². The number of aryl methyl sites for hydroxylation is 1. The zero-order valence-electron chi connectivity index (χ0n) is 14.3. The van der Waals surface area contributed by atoms with Crippen molar-refractivity contribution in [2.75, 3.05) is 0 Å². The minimum Gasteiger partial charge on any atom is -0.504 e. The summed E-state index contributed by atoms with van der Waals surface area (Å²) in [4.78, 5) is 12.3. The van der Waals surface area contributed by atoms with Gasteiger partial charge < -0.3 is 10.2 Å². The van der Waals surface area contributed by atoms with Crippen molar-refractivity contribution in [3.8, 4) is 22.6 Å². The number of hydrogen-bond acceptors (Lipinski definition) is 4. The molecule has 0 aliphatic heterocycles. The third-order valence-electron chi connectivity index (χ3n) is 3.87. The van der Waals surface area contributed by atoms with Gasteiger partial charge in [0.15, 0.2) is 11.5 Å². The van der Waals surface area contributed by atoms with Crippen LogP contribution in [0, 0.1) is 6.92 Å². The summed E-state index contributed by atoms with van der Waals surface area (Å²) in [6.45, 7) is 4.29. The minimum absolute atomic E-state index is 0.00628. The van der Waals surface area contributed by atoms with E-state index in [4.69, 9.17) is 0 Å². The Labute approximate surface area is 147 Å². The zero-order chi connectivity index (χ0) is 19.6. The first-order chi connectivity index (χ1) is 12.0. The van der Waals surface area contributed by atoms with Crippen LogP contribution >= 0.6 is 0 Å². The number of benzene rings is 1. The monoisotopic (exact) mass is 369 g/mol. The van der Waals surface area contributed by atoms with Gasteiger partial charge in [-0.25, -0.2) is 0 Å². The highest BCUT2D eigenvalue weighted by Crippen LogP contribution is 2.37. The van der Waals surface area contributed by atoms with Crippen LogP contribution in [-0.2, 0) is 4.74 Å². The topological polar surface area (TPSA) is 71.7 Å². The summed E-state index contributed by atoms with van der Waals surface area (Å²) in [6, 6.07) is 5.56. The Kier molecular flexibility index (Phi) is 5.46. The summed E-state index contributed by atoms with van der Waals surface area (Å²) >= 11 is 0. The number of halogens is 3. The molecule has 1 aromatic carbocycles. The number of pyridine rings is 1. The van der Waals surface area contributed by atoms with Crippen molar-refractivity contribution in [2.24, 2.45) is 0 Å². The number of alkyl halides is 3. The molecule has 0 amide bonds. The molecule has 0 bridgehead atoms. The van der Waals surface area contributed by atoms with E-state index in [-0.39, 0.29) is 22.8 Å². The van der Waals surface area contributed by atoms with Gasteiger partial charge in [-0.15, -0.1) is 13.2 Å². The minimum atomic E-state index is -4.85. The molecule has 2 aromatic rings. The molecule has 1 atom stereocenters. The van der Waals surface area contributed by atoms with E-state index in [2.05, 4.69) is 4.74 Å². The Morgan fingerprint density at radius 2 is 1.92 bits per heavy atom. The quantitative estimate of drug-likeness (QED) is 0.799. The van der Waals surface area contributed by atoms with Crippen molar-refractivity contribution in [2.45, 2.75) is 33.2 Å². The van der Waals surface area contributed by atoms with Crippen molar-refractivity contribution >= 4 is 5.70 Å². The predicted octanol–water partition coefficient (Wildman–Crippen LogP) is 4.02. The van der Waals surface area contributed by atoms with E-state index in [0.29, 0.717) is 11.1 Å². The van der Waals surface area contributed by atoms with Crippen LogP contribution < -0.4 is 5.56 Å². The first-order valence-electron chi connectivity index (χ1n) is 7.71. The molecule has 0 aliphatic rings. The van der Waals surface area contributed by atoms with Gasteiger partial charge in [0.25, 0.3) is 5.56 Å². The molecular formula is C18H18F3NO4. The maximum absolute atomic E-state index is 12.5. The number of allylic oxidation sites excluding steroid dienone is 1. The zero-order valence-corrected chi connectivity index (χ0v) is 14.3. The fourth-order valence-corrected chi connectivity index (χ4v) is 2.69. The molecule has 0 unspecified atom stereocenters. The van der Waals surface area contributed by atoms with Gasteiger partial charge in [-0.3, -0.25) is 14.1 Å². The number of phenolic OH excluding ortho intramolecular Hbond substituents is 2. The fraction of sp³-hybridized carbons (Fsp3) is 0.278. The maximum atomic E-state index is 12.5. The number of aromatic hydroxyl groups is 2. The fourth-order valence-electron chi connectivity index (χ4n) is 2.69. The molecule has 0 saturated heterocycles. The first-order valence-corrected chi connectivity index (χ1v) is 7.71. The van der Waals surface area contributed by atoms with Crippen LogP contribution in [0.25, 0.3) is 16.8 Å². The molecule has 5 nitrogen and oxygen atoms in total. The second kappa shape index (κ2) is 7.25. The lowest BCUT2D eigenvalue weighted by molar-refractivity contribution is -0.333. The maximum Gasteiger partial charge on any atom is 0.523 e. The molecule has 140 valence electrons. The highest BCUT2D eigenvalue weighted by molar-refractivity contribution is 5.75. The van der Waals surface area contributed by atoms with Gasteiger partial charge in [-0.1, -0.05) is 18.2 Å². The number of aromatic nitrogens is 1. The Morgan fingerprint density at radius 1 is 1.27 bits per heavy atom. The van der Waals surface area contributed by atoms with Crippen molar-refractivity contribution in [3.05, 3.63) is 52.5 Å². The number of nitrogens with zero attached hydrogens (tertiary/aromatic N) is 1. The number of rotatable bonds is 4. The molecule has 0 saturated carbocycles. The van der Waals surface area contributed by atoms with E-state index in [0.717, 1.165) is 4.57 Å². The summed E-state index contributed by atoms with van der Waals surface area (Å²) < 4.78 is 42.6. The van der Waals surface area contributed by atoms with Crippen LogP contribution in [0.5, 0.6) is 11.5 Å². The molecular weight excluding hydrogens is 351 g/mol. The van der Waals surface area contributed by atoms with E-state index in [9.17, 15) is 28.2 Å². The van der Waals surface area contributed by atoms with Crippen LogP contribution in [0.3, 0.4) is 0 Å². The molecule has 1 aromatic heterocycles. The molecule has 2 N–H and O–H groups in total. The van der Waals surface area contributed by atoms with Gasteiger partial charge in [0, 0.05) is 23.4 Å². The lowest BCUT2D eigenvalue weighted by atomic mass is 10.0. The van der Waals surface area contributed by atoms with Gasteiger partial charge in [0.1, 0.15) is 6.10 Å². The second-order valence-electron chi connectivity index (χ2n) is 5.67. The molecule has 2 rings (SSSR count). The standard InChI is InChI=1S/C18H18F3NO4/c1-4-14(11(3)26-18(19,20)21)22-9-13(10(2)8-16(22)24)12-6-5-7-15(23)17(12)25/h4-9,11,23,25H,1-3H3/b14-4+/t11-/m0/s1. The lowest BCUT2D eigenvalue weighted by Gasteiger charge is -2.21. The molecule has 26 heavy (non-hydrogen) atoms. The SMILES string of the molecule is C/C=C(\[C@H](C)OC(F)(F)F)n1cc(-c2cccc(O)c2O)c(C)cc1=O. The summed E-state index contributed by atoms with van der Waals surface area (Å²) in [7, 11) is 0. The smallest absolute Gasteiger partial charge is 0.504 e. The Bertz CT molecular complexity index is 900. The first kappa shape index (κ1) is 19.6. The van der Waals surface area contributed by atoms with Gasteiger partial charge >= 0.3 is 6.36 Å². The summed E-state index contributed by atoms with van der Waals surface area (Å²) in [5.74, 6) is -0.734. The van der Waals surface area contributed by atoms with Gasteiger partial charge in [0.2, 0.25) is 0 Å². The predicted molar refractivity (Wildman–Crippen MR) is 90.8 cm³/mol. The van der Waals surface area contributed by atoms with Crippen LogP contribution in [0.4, 0.5) is 13.2 Å². The molecule has 1 heterocycles. The second-order valence-corrected chi connectivity index (χ2v) is 5.67. The van der Waals surface area contributed by atoms with Gasteiger partial charge in [-0.2, -0.15) is 0 Å². The number of hydrogen-bond donors (Lipinski definition) is 2. The van der Waals surface area contributed by atoms with Crippen molar-refractivity contribution in [1.29, 1.82) is 0 Å². The van der Waals surface area contributed by atoms with E-state index < -0.39 is 18.0 Å². The number of phenols is 2. The van der Waals surface area contributed by atoms with E-state index in [1.165, 1.54) is 50.4 Å². The van der Waals surface area contributed by atoms with E-state index in [1.54, 1.807) is 6.92 Å². The van der Waals surface area contributed by atoms with Gasteiger partial charge in [-0.05, 0) is 32.4 Å². The molecule has 0 fully saturated rings. The average molecular weight is 369 g/mol. The average Bonchev–Trinajstić information content (AvgIpc) is 2.51. The molecule has 0 radical (unpaired) electrons. The number of para-hydroxylation sites is 1. The largest absolute Gasteiger partial charge is 0.523 e. The third-order valence-corrected chi connectivity index (χ3v) is 3.87. The Morgan fingerprint density at radius 3 is 2.50 bits per heavy atom. The molecule has 8 heteroatoms. The Balaban J connectivity index is 2.61. The number of ether oxygens (including phenoxy) is 1. The van der Waals surface area contributed by atoms with Crippen molar-refractivity contribution in [1.82, 2.24) is 4.57 Å². The molecule has 0 spiro atoms. The van der Waals surface area contributed by atoms with E-state index >= 15 is 0 Å². The Hall–Kier alpha value is -2.74. The van der Waals surface area contributed by atoms with Crippen LogP contribution in [0.1, 0.15) is 19.4 Å². The third kappa shape index (κ3) is 4.08. The highest BCUT2D eigenvalue weighted by Gasteiger charge is 2.33. The van der Waals surface area contributed by atoms with Gasteiger partial charge in [0.05, 0.1) is 5.70 Å². The van der Waals surface area contributed by atoms with Crippen molar-refractivity contribution in [3.63, 3.8) is 0 Å². The highest BCUT2D eigenvalue weighted by atomic mass is 19.4. The normalized spacial score (nSPS) is 13.7. The lowest BCUT2D eigenvalue weighted by Crippen LogP contribution is -2.29. The van der Waals surface area contributed by atoms with Crippen molar-refractivity contribution < 1.29 is 28.1 Å². The van der Waals surface area contributed by atoms with Crippen LogP contribution in [0.15, 0.2) is 41.3 Å². The van der Waals surface area contributed by atoms with Crippen LogP contribution in [0.2, 0.25) is 0 Å². The van der Waals surface area contributed by atoms with Crippen LogP contribution in [-0.4, -0.2) is 27.2 Å².